The Morgan fingerprint density at radius 1 is 1.50 bits per heavy atom. The molecule has 0 heterocycles. The van der Waals surface area contributed by atoms with E-state index in [1.54, 1.807) is 0 Å². The van der Waals surface area contributed by atoms with Gasteiger partial charge in [-0.3, -0.25) is 0 Å². The molecule has 1 atom stereocenters. The molecule has 0 saturated heterocycles. The number of alkyl halides is 1. The van der Waals surface area contributed by atoms with E-state index in [9.17, 15) is 0 Å². The lowest BCUT2D eigenvalue weighted by atomic mass is 9.91. The maximum absolute atomic E-state index is 3.75. The van der Waals surface area contributed by atoms with Crippen LogP contribution in [-0.4, -0.2) is 3.42 Å². The minimum Gasteiger partial charge on any atom is -0.103 e. The van der Waals surface area contributed by atoms with Crippen molar-refractivity contribution in [1.82, 2.24) is 0 Å². The van der Waals surface area contributed by atoms with Gasteiger partial charge in [-0.2, -0.15) is 0 Å². The summed E-state index contributed by atoms with van der Waals surface area (Å²) >= 11 is 2.55. The van der Waals surface area contributed by atoms with E-state index in [2.05, 4.69) is 60.4 Å². The van der Waals surface area contributed by atoms with Crippen LogP contribution in [0, 0.1) is 5.92 Å². The van der Waals surface area contributed by atoms with Gasteiger partial charge in [0, 0.05) is 9.34 Å². The van der Waals surface area contributed by atoms with Gasteiger partial charge in [-0.25, -0.2) is 0 Å². The lowest BCUT2D eigenvalue weighted by molar-refractivity contribution is 0.548. The summed E-state index contributed by atoms with van der Waals surface area (Å²) in [5.41, 5.74) is 0. The minimum absolute atomic E-state index is 0.357. The highest BCUT2D eigenvalue weighted by molar-refractivity contribution is 14.1. The lowest BCUT2D eigenvalue weighted by Gasteiger charge is -2.26. The predicted molar refractivity (Wildman–Crippen MR) is 63.6 cm³/mol. The Labute approximate surface area is 88.6 Å². The van der Waals surface area contributed by atoms with Gasteiger partial charge in [0.15, 0.2) is 0 Å². The normalized spacial score (nSPS) is 21.2. The van der Waals surface area contributed by atoms with E-state index >= 15 is 0 Å². The summed E-state index contributed by atoms with van der Waals surface area (Å²) in [6.07, 6.45) is 13.1. The Bertz CT molecular complexity index is 199. The van der Waals surface area contributed by atoms with E-state index in [1.165, 1.54) is 6.42 Å². The van der Waals surface area contributed by atoms with Gasteiger partial charge in [0.25, 0.3) is 0 Å². The van der Waals surface area contributed by atoms with Crippen LogP contribution in [-0.2, 0) is 0 Å². The third-order valence-corrected chi connectivity index (χ3v) is 3.54. The molecule has 0 N–H and O–H groups in total. The van der Waals surface area contributed by atoms with Crippen molar-refractivity contribution in [3.63, 3.8) is 0 Å². The maximum Gasteiger partial charge on any atom is 0.0294 e. The van der Waals surface area contributed by atoms with Crippen LogP contribution < -0.4 is 0 Å². The molecule has 12 heavy (non-hydrogen) atoms. The molecule has 1 aliphatic rings. The highest BCUT2D eigenvalue weighted by atomic mass is 127. The first kappa shape index (κ1) is 10.0. The molecular weight excluding hydrogens is 259 g/mol. The van der Waals surface area contributed by atoms with E-state index in [0.717, 1.165) is 6.42 Å². The topological polar surface area (TPSA) is 0 Å². The van der Waals surface area contributed by atoms with Gasteiger partial charge in [0.1, 0.15) is 0 Å². The zero-order chi connectivity index (χ0) is 9.03. The number of allylic oxidation sites excluding steroid dienone is 5. The first-order valence-corrected chi connectivity index (χ1v) is 5.39. The molecule has 1 rings (SSSR count). The van der Waals surface area contributed by atoms with Crippen LogP contribution >= 0.6 is 22.6 Å². The average Bonchev–Trinajstić information content (AvgIpc) is 2.53. The summed E-state index contributed by atoms with van der Waals surface area (Å²) in [6.45, 7) is 6.06. The number of halogens is 1. The Kier molecular flexibility index (Phi) is 3.56. The van der Waals surface area contributed by atoms with Crippen molar-refractivity contribution in [3.8, 4) is 0 Å². The van der Waals surface area contributed by atoms with Crippen LogP contribution in [0.25, 0.3) is 0 Å². The van der Waals surface area contributed by atoms with Crippen molar-refractivity contribution < 1.29 is 0 Å². The third kappa shape index (κ3) is 2.47. The van der Waals surface area contributed by atoms with Crippen LogP contribution in [0.15, 0.2) is 37.0 Å². The quantitative estimate of drug-likeness (QED) is 0.414. The predicted octanol–water partition coefficient (Wildman–Crippen LogP) is 3.89. The summed E-state index contributed by atoms with van der Waals surface area (Å²) in [7, 11) is 0. The molecule has 0 aliphatic heterocycles. The average molecular weight is 274 g/mol. The largest absolute Gasteiger partial charge is 0.103 e. The van der Waals surface area contributed by atoms with E-state index < -0.39 is 0 Å². The van der Waals surface area contributed by atoms with E-state index in [-0.39, 0.29) is 0 Å². The summed E-state index contributed by atoms with van der Waals surface area (Å²) in [6, 6.07) is 0. The van der Waals surface area contributed by atoms with Gasteiger partial charge in [-0.05, 0) is 19.8 Å². The molecule has 0 aromatic heterocycles. The first-order valence-electron chi connectivity index (χ1n) is 4.31. The summed E-state index contributed by atoms with van der Waals surface area (Å²) in [5.74, 6) is 0.609. The molecule has 0 bridgehead atoms. The molecule has 66 valence electrons. The second-order valence-electron chi connectivity index (χ2n) is 3.40. The second kappa shape index (κ2) is 4.26. The Balaban J connectivity index is 2.51. The van der Waals surface area contributed by atoms with E-state index in [0.29, 0.717) is 9.34 Å². The van der Waals surface area contributed by atoms with Gasteiger partial charge in [-0.15, -0.1) is 6.58 Å². The highest BCUT2D eigenvalue weighted by Gasteiger charge is 2.27. The smallest absolute Gasteiger partial charge is 0.0294 e. The Morgan fingerprint density at radius 3 is 2.58 bits per heavy atom. The number of hydrogen-bond acceptors (Lipinski definition) is 0. The van der Waals surface area contributed by atoms with Crippen molar-refractivity contribution in [2.24, 2.45) is 5.92 Å². The summed E-state index contributed by atoms with van der Waals surface area (Å²) in [4.78, 5) is 0. The summed E-state index contributed by atoms with van der Waals surface area (Å²) < 4.78 is 0.357. The van der Waals surface area contributed by atoms with Crippen molar-refractivity contribution in [2.45, 2.75) is 23.2 Å². The molecule has 0 spiro atoms. The number of hydrogen-bond donors (Lipinski definition) is 0. The molecule has 0 aromatic carbocycles. The van der Waals surface area contributed by atoms with Crippen molar-refractivity contribution in [1.29, 1.82) is 0 Å². The molecular formula is C11H15I. The van der Waals surface area contributed by atoms with Gasteiger partial charge < -0.3 is 0 Å². The molecule has 0 unspecified atom stereocenters. The fourth-order valence-electron chi connectivity index (χ4n) is 1.38. The van der Waals surface area contributed by atoms with Gasteiger partial charge >= 0.3 is 0 Å². The van der Waals surface area contributed by atoms with Crippen molar-refractivity contribution in [3.05, 3.63) is 37.0 Å². The van der Waals surface area contributed by atoms with Crippen molar-refractivity contribution >= 4 is 22.6 Å². The van der Waals surface area contributed by atoms with E-state index in [1.807, 2.05) is 6.08 Å². The number of rotatable bonds is 4. The zero-order valence-corrected chi connectivity index (χ0v) is 9.62. The molecule has 0 saturated carbocycles. The molecule has 1 aliphatic carbocycles. The minimum atomic E-state index is 0.357. The summed E-state index contributed by atoms with van der Waals surface area (Å²) in [5, 5.41) is 0. The fraction of sp³-hybridized carbons (Fsp3) is 0.455. The SMILES string of the molecule is C=CCC[C@@](C)(I)C1C=CC=C1. The zero-order valence-electron chi connectivity index (χ0n) is 7.46. The van der Waals surface area contributed by atoms with Gasteiger partial charge in [0.05, 0.1) is 0 Å². The van der Waals surface area contributed by atoms with Crippen LogP contribution in [0.2, 0.25) is 0 Å². The molecule has 0 amide bonds. The monoisotopic (exact) mass is 274 g/mol. The Hall–Kier alpha value is -0.0500. The fourth-order valence-corrected chi connectivity index (χ4v) is 2.11. The molecule has 1 heteroatoms. The second-order valence-corrected chi connectivity index (χ2v) is 5.87. The van der Waals surface area contributed by atoms with Crippen LogP contribution in [0.5, 0.6) is 0 Å². The molecule has 0 nitrogen and oxygen atoms in total. The first-order chi connectivity index (χ1) is 5.67. The third-order valence-electron chi connectivity index (χ3n) is 2.28. The van der Waals surface area contributed by atoms with Crippen molar-refractivity contribution in [2.75, 3.05) is 0 Å². The van der Waals surface area contributed by atoms with Crippen LogP contribution in [0.3, 0.4) is 0 Å². The molecule has 0 fully saturated rings. The molecule has 0 aromatic rings. The molecule has 0 radical (unpaired) electrons. The van der Waals surface area contributed by atoms with Gasteiger partial charge in [0.2, 0.25) is 0 Å². The van der Waals surface area contributed by atoms with Crippen LogP contribution in [0.4, 0.5) is 0 Å². The lowest BCUT2D eigenvalue weighted by Crippen LogP contribution is -2.23. The Morgan fingerprint density at radius 2 is 2.08 bits per heavy atom. The standard InChI is InChI=1S/C11H15I/c1-3-4-9-11(2,12)10-7-5-6-8-10/h3,5-8,10H,1,4,9H2,2H3/t11-/m1/s1. The van der Waals surface area contributed by atoms with E-state index in [4.69, 9.17) is 0 Å². The highest BCUT2D eigenvalue weighted by Crippen LogP contribution is 2.36. The van der Waals surface area contributed by atoms with Crippen LogP contribution in [0.1, 0.15) is 19.8 Å². The van der Waals surface area contributed by atoms with Gasteiger partial charge in [-0.1, -0.05) is 53.0 Å². The maximum atomic E-state index is 3.75.